The van der Waals surface area contributed by atoms with Gasteiger partial charge in [-0.2, -0.15) is 0 Å². The molecule has 0 fully saturated rings. The number of nitrogens with one attached hydrogen (secondary N) is 1. The molecular weight excluding hydrogens is 377 g/mol. The van der Waals surface area contributed by atoms with Crippen molar-refractivity contribution in [1.82, 2.24) is 0 Å². The molecule has 8 nitrogen and oxygen atoms in total. The number of hydrogen-bond donors (Lipinski definition) is 1. The van der Waals surface area contributed by atoms with E-state index in [-0.39, 0.29) is 5.69 Å². The van der Waals surface area contributed by atoms with E-state index in [4.69, 9.17) is 0 Å². The van der Waals surface area contributed by atoms with Gasteiger partial charge in [0.15, 0.2) is 0 Å². The Morgan fingerprint density at radius 3 is 2.35 bits per heavy atom. The highest BCUT2D eigenvalue weighted by atomic mass is 79.9. The average molecular weight is 384 g/mol. The smallest absolute Gasteiger partial charge is 0.289 e. The van der Waals surface area contributed by atoms with Crippen LogP contribution in [0.25, 0.3) is 0 Å². The summed E-state index contributed by atoms with van der Waals surface area (Å²) in [5.41, 5.74) is -1.86. The number of anilines is 1. The third-order valence-electron chi connectivity index (χ3n) is 2.81. The van der Waals surface area contributed by atoms with Gasteiger partial charge in [-0.25, -0.2) is 4.39 Å². The van der Waals surface area contributed by atoms with Crippen molar-refractivity contribution in [3.05, 3.63) is 72.5 Å². The summed E-state index contributed by atoms with van der Waals surface area (Å²) in [5, 5.41) is 23.8. The lowest BCUT2D eigenvalue weighted by Crippen LogP contribution is -2.15. The summed E-state index contributed by atoms with van der Waals surface area (Å²) in [4.78, 5) is 32.0. The minimum absolute atomic E-state index is 0.175. The minimum atomic E-state index is -0.951. The second-order valence-corrected chi connectivity index (χ2v) is 5.21. The lowest BCUT2D eigenvalue weighted by molar-refractivity contribution is -0.394. The highest BCUT2D eigenvalue weighted by Gasteiger charge is 2.24. The molecule has 118 valence electrons. The summed E-state index contributed by atoms with van der Waals surface area (Å²) < 4.78 is 14.1. The van der Waals surface area contributed by atoms with Crippen molar-refractivity contribution in [2.24, 2.45) is 0 Å². The van der Waals surface area contributed by atoms with E-state index < -0.39 is 38.5 Å². The first kappa shape index (κ1) is 16.5. The topological polar surface area (TPSA) is 115 Å². The highest BCUT2D eigenvalue weighted by molar-refractivity contribution is 9.10. The predicted octanol–water partition coefficient (Wildman–Crippen LogP) is 3.66. The highest BCUT2D eigenvalue weighted by Crippen LogP contribution is 2.26. The molecule has 0 bridgehead atoms. The zero-order valence-electron chi connectivity index (χ0n) is 11.2. The standard InChI is InChI=1S/C13H7BrFN3O5/c14-7-1-4-11(10(15)5-7)16-13(19)9-3-2-8(17(20)21)6-12(9)18(22)23/h1-6H,(H,16,19). The molecule has 23 heavy (non-hydrogen) atoms. The molecule has 0 spiro atoms. The number of amides is 1. The number of hydrogen-bond acceptors (Lipinski definition) is 5. The van der Waals surface area contributed by atoms with Crippen molar-refractivity contribution in [2.75, 3.05) is 5.32 Å². The molecule has 1 N–H and O–H groups in total. The largest absolute Gasteiger partial charge is 0.319 e. The maximum absolute atomic E-state index is 13.7. The zero-order valence-corrected chi connectivity index (χ0v) is 12.7. The van der Waals surface area contributed by atoms with Crippen LogP contribution in [0.1, 0.15) is 10.4 Å². The van der Waals surface area contributed by atoms with Crippen molar-refractivity contribution in [1.29, 1.82) is 0 Å². The van der Waals surface area contributed by atoms with Crippen LogP contribution in [0.3, 0.4) is 0 Å². The van der Waals surface area contributed by atoms with Crippen LogP contribution >= 0.6 is 15.9 Å². The molecule has 10 heteroatoms. The molecule has 0 aromatic heterocycles. The van der Waals surface area contributed by atoms with Crippen LogP contribution < -0.4 is 5.32 Å². The number of carbonyl (C=O) groups excluding carboxylic acids is 1. The van der Waals surface area contributed by atoms with E-state index >= 15 is 0 Å². The third kappa shape index (κ3) is 3.66. The first-order chi connectivity index (χ1) is 10.8. The summed E-state index contributed by atoms with van der Waals surface area (Å²) >= 11 is 3.05. The monoisotopic (exact) mass is 383 g/mol. The molecule has 0 aliphatic carbocycles. The van der Waals surface area contributed by atoms with Gasteiger partial charge >= 0.3 is 0 Å². The number of non-ortho nitro benzene ring substituents is 1. The second kappa shape index (κ2) is 6.48. The van der Waals surface area contributed by atoms with Gasteiger partial charge in [0, 0.05) is 10.5 Å². The van der Waals surface area contributed by atoms with Crippen LogP contribution in [0.5, 0.6) is 0 Å². The van der Waals surface area contributed by atoms with Gasteiger partial charge in [0.05, 0.1) is 21.6 Å². The van der Waals surface area contributed by atoms with Crippen molar-refractivity contribution < 1.29 is 19.0 Å². The summed E-state index contributed by atoms with van der Waals surface area (Å²) in [6.07, 6.45) is 0. The number of nitro benzene ring substituents is 2. The Kier molecular flexibility index (Phi) is 4.65. The van der Waals surface area contributed by atoms with E-state index in [2.05, 4.69) is 21.2 Å². The van der Waals surface area contributed by atoms with E-state index in [1.807, 2.05) is 0 Å². The fourth-order valence-corrected chi connectivity index (χ4v) is 2.09. The Bertz CT molecular complexity index is 827. The van der Waals surface area contributed by atoms with E-state index in [0.717, 1.165) is 18.2 Å². The van der Waals surface area contributed by atoms with Crippen molar-refractivity contribution in [3.63, 3.8) is 0 Å². The molecule has 0 saturated heterocycles. The van der Waals surface area contributed by atoms with Gasteiger partial charge in [0.2, 0.25) is 0 Å². The summed E-state index contributed by atoms with van der Waals surface area (Å²) in [5.74, 6) is -1.69. The molecule has 0 radical (unpaired) electrons. The summed E-state index contributed by atoms with van der Waals surface area (Å²) in [6.45, 7) is 0. The maximum atomic E-state index is 13.7. The van der Waals surface area contributed by atoms with E-state index in [1.54, 1.807) is 0 Å². The molecule has 0 aliphatic heterocycles. The number of nitrogens with zero attached hydrogens (tertiary/aromatic N) is 2. The molecule has 0 saturated carbocycles. The van der Waals surface area contributed by atoms with Crippen LogP contribution in [-0.2, 0) is 0 Å². The number of benzene rings is 2. The van der Waals surface area contributed by atoms with Gasteiger partial charge in [-0.3, -0.25) is 25.0 Å². The summed E-state index contributed by atoms with van der Waals surface area (Å²) in [6, 6.07) is 6.44. The van der Waals surface area contributed by atoms with Crippen molar-refractivity contribution >= 4 is 38.9 Å². The molecule has 0 atom stereocenters. The Hall–Kier alpha value is -2.88. The van der Waals surface area contributed by atoms with Crippen LogP contribution in [0.15, 0.2) is 40.9 Å². The lowest BCUT2D eigenvalue weighted by Gasteiger charge is -2.07. The predicted molar refractivity (Wildman–Crippen MR) is 81.8 cm³/mol. The molecule has 0 heterocycles. The molecule has 1 amide bonds. The SMILES string of the molecule is O=C(Nc1ccc(Br)cc1F)c1ccc([N+](=O)[O-])cc1[N+](=O)[O-]. The van der Waals surface area contributed by atoms with E-state index in [9.17, 15) is 29.4 Å². The molecule has 2 rings (SSSR count). The fraction of sp³-hybridized carbons (Fsp3) is 0. The Labute approximate surface area is 136 Å². The molecule has 2 aromatic rings. The minimum Gasteiger partial charge on any atom is -0.319 e. The maximum Gasteiger partial charge on any atom is 0.289 e. The second-order valence-electron chi connectivity index (χ2n) is 4.29. The normalized spacial score (nSPS) is 10.2. The third-order valence-corrected chi connectivity index (χ3v) is 3.31. The number of halogens is 2. The van der Waals surface area contributed by atoms with Gasteiger partial charge < -0.3 is 5.32 Å². The Balaban J connectivity index is 2.38. The fourth-order valence-electron chi connectivity index (χ4n) is 1.76. The van der Waals surface area contributed by atoms with Crippen LogP contribution in [0.4, 0.5) is 21.5 Å². The van der Waals surface area contributed by atoms with E-state index in [1.165, 1.54) is 12.1 Å². The van der Waals surface area contributed by atoms with Crippen LogP contribution in [0.2, 0.25) is 0 Å². The molecular formula is C13H7BrFN3O5. The first-order valence-corrected chi connectivity index (χ1v) is 6.78. The summed E-state index contributed by atoms with van der Waals surface area (Å²) in [7, 11) is 0. The van der Waals surface area contributed by atoms with E-state index in [0.29, 0.717) is 10.5 Å². The van der Waals surface area contributed by atoms with Gasteiger partial charge in [-0.1, -0.05) is 15.9 Å². The quantitative estimate of drug-likeness (QED) is 0.638. The Morgan fingerprint density at radius 2 is 1.78 bits per heavy atom. The number of rotatable bonds is 4. The lowest BCUT2D eigenvalue weighted by atomic mass is 10.1. The van der Waals surface area contributed by atoms with Gasteiger partial charge in [-0.15, -0.1) is 0 Å². The molecule has 0 unspecified atom stereocenters. The van der Waals surface area contributed by atoms with Gasteiger partial charge in [0.1, 0.15) is 11.4 Å². The van der Waals surface area contributed by atoms with Crippen molar-refractivity contribution in [3.8, 4) is 0 Å². The molecule has 2 aromatic carbocycles. The number of carbonyl (C=O) groups is 1. The Morgan fingerprint density at radius 1 is 1.09 bits per heavy atom. The zero-order chi connectivity index (χ0) is 17.1. The number of nitro groups is 2. The van der Waals surface area contributed by atoms with Gasteiger partial charge in [0.25, 0.3) is 17.3 Å². The van der Waals surface area contributed by atoms with Crippen molar-refractivity contribution in [2.45, 2.75) is 0 Å². The average Bonchev–Trinajstić information content (AvgIpc) is 2.49. The van der Waals surface area contributed by atoms with Crippen LogP contribution in [-0.4, -0.2) is 15.8 Å². The van der Waals surface area contributed by atoms with Crippen LogP contribution in [0, 0.1) is 26.0 Å². The first-order valence-electron chi connectivity index (χ1n) is 5.99. The van der Waals surface area contributed by atoms with Gasteiger partial charge in [-0.05, 0) is 24.3 Å². The molecule has 0 aliphatic rings.